The van der Waals surface area contributed by atoms with Crippen LogP contribution in [0.15, 0.2) is 18.5 Å². The van der Waals surface area contributed by atoms with Gasteiger partial charge < -0.3 is 5.32 Å². The fourth-order valence-corrected chi connectivity index (χ4v) is 1.56. The summed E-state index contributed by atoms with van der Waals surface area (Å²) in [6, 6.07) is 2.56. The molecule has 1 atom stereocenters. The van der Waals surface area contributed by atoms with E-state index in [0.717, 1.165) is 13.1 Å². The van der Waals surface area contributed by atoms with E-state index >= 15 is 0 Å². The van der Waals surface area contributed by atoms with E-state index in [1.165, 1.54) is 12.8 Å². The Bertz CT molecular complexity index is 199. The van der Waals surface area contributed by atoms with Crippen LogP contribution < -0.4 is 5.32 Å². The molecule has 1 aromatic heterocycles. The smallest absolute Gasteiger partial charge is 0.0644 e. The minimum atomic E-state index is 0.582. The maximum atomic E-state index is 4.22. The minimum absolute atomic E-state index is 0.582. The average Bonchev–Trinajstić information content (AvgIpc) is 2.58. The molecule has 1 aromatic rings. The van der Waals surface area contributed by atoms with Gasteiger partial charge in [-0.05, 0) is 25.5 Å². The van der Waals surface area contributed by atoms with E-state index in [1.807, 2.05) is 23.1 Å². The van der Waals surface area contributed by atoms with Gasteiger partial charge in [-0.15, -0.1) is 0 Å². The van der Waals surface area contributed by atoms with Crippen LogP contribution in [0.1, 0.15) is 18.9 Å². The van der Waals surface area contributed by atoms with Crippen LogP contribution in [0.2, 0.25) is 0 Å². The van der Waals surface area contributed by atoms with Gasteiger partial charge in [-0.1, -0.05) is 0 Å². The molecule has 0 amide bonds. The summed E-state index contributed by atoms with van der Waals surface area (Å²) in [6.45, 7) is 2.24. The van der Waals surface area contributed by atoms with Crippen molar-refractivity contribution in [2.75, 3.05) is 13.1 Å². The molecule has 11 heavy (non-hydrogen) atoms. The molecule has 2 heterocycles. The van der Waals surface area contributed by atoms with E-state index < -0.39 is 0 Å². The molecule has 1 aliphatic heterocycles. The Morgan fingerprint density at radius 3 is 3.18 bits per heavy atom. The topological polar surface area (TPSA) is 29.9 Å². The Balaban J connectivity index is 2.04. The van der Waals surface area contributed by atoms with Crippen molar-refractivity contribution in [2.24, 2.45) is 0 Å². The first-order valence-corrected chi connectivity index (χ1v) is 4.16. The molecule has 3 nitrogen and oxygen atoms in total. The Kier molecular flexibility index (Phi) is 1.90. The van der Waals surface area contributed by atoms with Gasteiger partial charge in [-0.2, -0.15) is 5.10 Å². The Labute approximate surface area is 66.4 Å². The van der Waals surface area contributed by atoms with Crippen LogP contribution in [0.4, 0.5) is 0 Å². The van der Waals surface area contributed by atoms with E-state index in [2.05, 4.69) is 10.4 Å². The maximum absolute atomic E-state index is 4.22. The highest BCUT2D eigenvalue weighted by Crippen LogP contribution is 2.14. The summed E-state index contributed by atoms with van der Waals surface area (Å²) < 4.78 is 2.05. The number of aromatic nitrogens is 2. The van der Waals surface area contributed by atoms with Crippen molar-refractivity contribution >= 4 is 0 Å². The Morgan fingerprint density at radius 2 is 2.55 bits per heavy atom. The second-order valence-corrected chi connectivity index (χ2v) is 2.99. The number of nitrogens with one attached hydrogen (secondary N) is 1. The molecular weight excluding hydrogens is 138 g/mol. The van der Waals surface area contributed by atoms with Crippen LogP contribution in [-0.2, 0) is 0 Å². The first kappa shape index (κ1) is 6.85. The highest BCUT2D eigenvalue weighted by Gasteiger charge is 2.13. The van der Waals surface area contributed by atoms with E-state index in [0.29, 0.717) is 6.04 Å². The summed E-state index contributed by atoms with van der Waals surface area (Å²) in [7, 11) is 0. The molecule has 1 N–H and O–H groups in total. The van der Waals surface area contributed by atoms with E-state index in [-0.39, 0.29) is 0 Å². The molecule has 3 heteroatoms. The number of rotatable bonds is 1. The normalized spacial score (nSPS) is 25.3. The molecule has 1 fully saturated rings. The highest BCUT2D eigenvalue weighted by molar-refractivity contribution is 4.83. The van der Waals surface area contributed by atoms with E-state index in [1.54, 1.807) is 0 Å². The van der Waals surface area contributed by atoms with Gasteiger partial charge in [-0.25, -0.2) is 0 Å². The molecule has 0 aliphatic carbocycles. The van der Waals surface area contributed by atoms with Crippen LogP contribution in [0.5, 0.6) is 0 Å². The van der Waals surface area contributed by atoms with Gasteiger partial charge in [0, 0.05) is 18.9 Å². The molecule has 0 saturated carbocycles. The molecule has 0 radical (unpaired) electrons. The highest BCUT2D eigenvalue weighted by atomic mass is 15.3. The quantitative estimate of drug-likeness (QED) is 0.643. The third-order valence-corrected chi connectivity index (χ3v) is 2.17. The minimum Gasteiger partial charge on any atom is -0.315 e. The second-order valence-electron chi connectivity index (χ2n) is 2.99. The van der Waals surface area contributed by atoms with Crippen molar-refractivity contribution in [3.63, 3.8) is 0 Å². The second kappa shape index (κ2) is 3.05. The molecular formula is C8H13N3. The summed E-state index contributed by atoms with van der Waals surface area (Å²) in [4.78, 5) is 0. The van der Waals surface area contributed by atoms with Gasteiger partial charge in [0.1, 0.15) is 0 Å². The summed E-state index contributed by atoms with van der Waals surface area (Å²) in [5.74, 6) is 0. The fourth-order valence-electron chi connectivity index (χ4n) is 1.56. The first-order chi connectivity index (χ1) is 5.47. The number of hydrogen-bond acceptors (Lipinski definition) is 2. The monoisotopic (exact) mass is 151 g/mol. The zero-order valence-corrected chi connectivity index (χ0v) is 6.53. The Morgan fingerprint density at radius 1 is 1.55 bits per heavy atom. The molecule has 1 saturated heterocycles. The summed E-state index contributed by atoms with van der Waals surface area (Å²) >= 11 is 0. The molecule has 0 aromatic carbocycles. The number of piperidine rings is 1. The molecule has 1 aliphatic rings. The van der Waals surface area contributed by atoms with Crippen LogP contribution in [-0.4, -0.2) is 22.9 Å². The summed E-state index contributed by atoms with van der Waals surface area (Å²) in [5.41, 5.74) is 0. The van der Waals surface area contributed by atoms with Crippen molar-refractivity contribution in [2.45, 2.75) is 18.9 Å². The van der Waals surface area contributed by atoms with Crippen molar-refractivity contribution in [1.82, 2.24) is 15.1 Å². The van der Waals surface area contributed by atoms with Gasteiger partial charge in [-0.3, -0.25) is 4.68 Å². The first-order valence-electron chi connectivity index (χ1n) is 4.16. The zero-order valence-electron chi connectivity index (χ0n) is 6.53. The third kappa shape index (κ3) is 1.43. The van der Waals surface area contributed by atoms with Gasteiger partial charge in [0.25, 0.3) is 0 Å². The van der Waals surface area contributed by atoms with Crippen LogP contribution in [0.3, 0.4) is 0 Å². The maximum Gasteiger partial charge on any atom is 0.0644 e. The largest absolute Gasteiger partial charge is 0.315 e. The van der Waals surface area contributed by atoms with Crippen molar-refractivity contribution < 1.29 is 0 Å². The van der Waals surface area contributed by atoms with Gasteiger partial charge in [0.15, 0.2) is 0 Å². The van der Waals surface area contributed by atoms with Crippen molar-refractivity contribution in [1.29, 1.82) is 0 Å². The summed E-state index contributed by atoms with van der Waals surface area (Å²) in [6.07, 6.45) is 6.41. The molecule has 0 bridgehead atoms. The van der Waals surface area contributed by atoms with Crippen LogP contribution >= 0.6 is 0 Å². The van der Waals surface area contributed by atoms with E-state index in [9.17, 15) is 0 Å². The van der Waals surface area contributed by atoms with Crippen LogP contribution in [0.25, 0.3) is 0 Å². The molecule has 0 spiro atoms. The fraction of sp³-hybridized carbons (Fsp3) is 0.625. The average molecular weight is 151 g/mol. The predicted molar refractivity (Wildman–Crippen MR) is 43.4 cm³/mol. The summed E-state index contributed by atoms with van der Waals surface area (Å²) in [5, 5.41) is 7.58. The lowest BCUT2D eigenvalue weighted by atomic mass is 10.1. The van der Waals surface area contributed by atoms with Crippen LogP contribution in [0, 0.1) is 0 Å². The number of hydrogen-bond donors (Lipinski definition) is 1. The Hall–Kier alpha value is -0.830. The lowest BCUT2D eigenvalue weighted by Gasteiger charge is -2.22. The molecule has 60 valence electrons. The molecule has 2 rings (SSSR count). The molecule has 0 unspecified atom stereocenters. The number of nitrogens with zero attached hydrogens (tertiary/aromatic N) is 2. The zero-order chi connectivity index (χ0) is 7.52. The van der Waals surface area contributed by atoms with Crippen molar-refractivity contribution in [3.8, 4) is 0 Å². The van der Waals surface area contributed by atoms with E-state index in [4.69, 9.17) is 0 Å². The van der Waals surface area contributed by atoms with Gasteiger partial charge in [0.2, 0.25) is 0 Å². The van der Waals surface area contributed by atoms with Gasteiger partial charge in [0.05, 0.1) is 6.04 Å². The van der Waals surface area contributed by atoms with Gasteiger partial charge >= 0.3 is 0 Å². The predicted octanol–water partition coefficient (Wildman–Crippen LogP) is 0.808. The lowest BCUT2D eigenvalue weighted by Crippen LogP contribution is -2.31. The third-order valence-electron chi connectivity index (χ3n) is 2.17. The SMILES string of the molecule is c1cnn([C@H]2CCCNC2)c1. The standard InChI is InChI=1S/C8H13N3/c1-3-8(7-9-4-1)11-6-2-5-10-11/h2,5-6,8-9H,1,3-4,7H2/t8-/m0/s1. The van der Waals surface area contributed by atoms with Crippen molar-refractivity contribution in [3.05, 3.63) is 18.5 Å². The lowest BCUT2D eigenvalue weighted by molar-refractivity contribution is 0.347.